The van der Waals surface area contributed by atoms with Crippen molar-refractivity contribution >= 4 is 0 Å². The molecule has 0 amide bonds. The summed E-state index contributed by atoms with van der Waals surface area (Å²) < 4.78 is 39.5. The minimum Gasteiger partial charge on any atom is -0.292 e. The Bertz CT molecular complexity index is 643. The number of nitrogens with one attached hydrogen (secondary N) is 1. The number of aryl methyl sites for hydroxylation is 1. The van der Waals surface area contributed by atoms with Gasteiger partial charge in [-0.2, -0.15) is 23.0 Å². The van der Waals surface area contributed by atoms with E-state index in [9.17, 15) is 18.0 Å². The summed E-state index contributed by atoms with van der Waals surface area (Å²) in [4.78, 5) is 14.2. The fourth-order valence-electron chi connectivity index (χ4n) is 1.89. The molecule has 108 valence electrons. The van der Waals surface area contributed by atoms with Gasteiger partial charge in [-0.15, -0.1) is 0 Å². The molecule has 2 aromatic rings. The number of benzene rings is 1. The molecular formula is C13H14F3N3O. The summed E-state index contributed by atoms with van der Waals surface area (Å²) >= 11 is 0. The van der Waals surface area contributed by atoms with Crippen LogP contribution in [0.25, 0.3) is 5.69 Å². The highest BCUT2D eigenvalue weighted by molar-refractivity contribution is 5.41. The number of aromatic nitrogens is 3. The van der Waals surface area contributed by atoms with Gasteiger partial charge < -0.3 is 0 Å². The smallest absolute Gasteiger partial charge is 0.292 e. The normalized spacial score (nSPS) is 11.8. The van der Waals surface area contributed by atoms with Crippen LogP contribution in [0.15, 0.2) is 29.1 Å². The van der Waals surface area contributed by atoms with Crippen molar-refractivity contribution in [2.45, 2.75) is 32.4 Å². The van der Waals surface area contributed by atoms with Gasteiger partial charge in [0.2, 0.25) is 0 Å². The van der Waals surface area contributed by atoms with E-state index in [1.165, 1.54) is 18.2 Å². The summed E-state index contributed by atoms with van der Waals surface area (Å²) in [6.45, 7) is 1.98. The zero-order valence-corrected chi connectivity index (χ0v) is 10.9. The van der Waals surface area contributed by atoms with E-state index in [0.717, 1.165) is 23.6 Å². The lowest BCUT2D eigenvalue weighted by molar-refractivity contribution is -0.137. The summed E-state index contributed by atoms with van der Waals surface area (Å²) in [6.07, 6.45) is -2.27. The molecule has 0 saturated heterocycles. The first-order valence-corrected chi connectivity index (χ1v) is 6.28. The average molecular weight is 285 g/mol. The molecule has 7 heteroatoms. The fourth-order valence-corrected chi connectivity index (χ4v) is 1.89. The lowest BCUT2D eigenvalue weighted by atomic mass is 10.2. The van der Waals surface area contributed by atoms with Gasteiger partial charge in [-0.1, -0.05) is 25.5 Å². The molecule has 0 unspecified atom stereocenters. The number of H-pyrrole nitrogens is 1. The van der Waals surface area contributed by atoms with Crippen molar-refractivity contribution in [1.82, 2.24) is 14.8 Å². The van der Waals surface area contributed by atoms with E-state index in [2.05, 4.69) is 10.1 Å². The second kappa shape index (κ2) is 5.52. The minimum atomic E-state index is -4.53. The van der Waals surface area contributed by atoms with Gasteiger partial charge >= 0.3 is 11.9 Å². The first kappa shape index (κ1) is 14.4. The molecule has 2 rings (SSSR count). The Balaban J connectivity index is 2.47. The Morgan fingerprint density at radius 3 is 2.65 bits per heavy atom. The standard InChI is InChI=1S/C13H14F3N3O/c1-2-3-8-11-17-12(20)19(18-11)10-7-5-4-6-9(10)13(14,15)16/h4-7H,2-3,8H2,1H3,(H,17,18,20). The van der Waals surface area contributed by atoms with E-state index in [1.807, 2.05) is 6.92 Å². The number of nitrogens with zero attached hydrogens (tertiary/aromatic N) is 2. The number of hydrogen-bond acceptors (Lipinski definition) is 2. The third kappa shape index (κ3) is 2.92. The van der Waals surface area contributed by atoms with Crippen LogP contribution < -0.4 is 5.69 Å². The van der Waals surface area contributed by atoms with Crippen LogP contribution in [0.2, 0.25) is 0 Å². The Morgan fingerprint density at radius 2 is 2.00 bits per heavy atom. The molecule has 0 saturated carbocycles. The number of halogens is 3. The lowest BCUT2D eigenvalue weighted by Gasteiger charge is -2.11. The van der Waals surface area contributed by atoms with E-state index < -0.39 is 17.4 Å². The second-order valence-corrected chi connectivity index (χ2v) is 4.41. The van der Waals surface area contributed by atoms with Crippen LogP contribution >= 0.6 is 0 Å². The van der Waals surface area contributed by atoms with E-state index in [-0.39, 0.29) is 5.69 Å². The van der Waals surface area contributed by atoms with Gasteiger partial charge in [-0.05, 0) is 18.6 Å². The molecule has 20 heavy (non-hydrogen) atoms. The molecule has 0 spiro atoms. The Kier molecular flexibility index (Phi) is 3.96. The highest BCUT2D eigenvalue weighted by Crippen LogP contribution is 2.32. The van der Waals surface area contributed by atoms with Gasteiger partial charge in [0.25, 0.3) is 0 Å². The molecule has 0 radical (unpaired) electrons. The number of para-hydroxylation sites is 1. The van der Waals surface area contributed by atoms with Crippen LogP contribution in [-0.2, 0) is 12.6 Å². The molecule has 1 aromatic carbocycles. The van der Waals surface area contributed by atoms with Crippen LogP contribution in [-0.4, -0.2) is 14.8 Å². The van der Waals surface area contributed by atoms with E-state index in [0.29, 0.717) is 12.2 Å². The third-order valence-electron chi connectivity index (χ3n) is 2.87. The number of aromatic amines is 1. The molecule has 0 aliphatic heterocycles. The first-order chi connectivity index (χ1) is 9.43. The fraction of sp³-hybridized carbons (Fsp3) is 0.385. The predicted molar refractivity (Wildman–Crippen MR) is 67.8 cm³/mol. The average Bonchev–Trinajstić information content (AvgIpc) is 2.76. The Labute approximate surface area is 113 Å². The molecule has 0 aliphatic carbocycles. The number of alkyl halides is 3. The molecule has 1 N–H and O–H groups in total. The van der Waals surface area contributed by atoms with Gasteiger partial charge in [0.05, 0.1) is 11.3 Å². The van der Waals surface area contributed by atoms with Gasteiger partial charge in [0.15, 0.2) is 0 Å². The molecule has 0 fully saturated rings. The van der Waals surface area contributed by atoms with Crippen molar-refractivity contribution in [3.63, 3.8) is 0 Å². The van der Waals surface area contributed by atoms with Crippen LogP contribution in [0.5, 0.6) is 0 Å². The van der Waals surface area contributed by atoms with Crippen molar-refractivity contribution < 1.29 is 13.2 Å². The van der Waals surface area contributed by atoms with Crippen molar-refractivity contribution in [2.24, 2.45) is 0 Å². The lowest BCUT2D eigenvalue weighted by Crippen LogP contribution is -2.20. The van der Waals surface area contributed by atoms with Crippen LogP contribution in [0.1, 0.15) is 31.2 Å². The summed E-state index contributed by atoms with van der Waals surface area (Å²) in [7, 11) is 0. The largest absolute Gasteiger partial charge is 0.418 e. The van der Waals surface area contributed by atoms with Crippen LogP contribution in [0, 0.1) is 0 Å². The number of rotatable bonds is 4. The van der Waals surface area contributed by atoms with Gasteiger partial charge in [0, 0.05) is 6.42 Å². The van der Waals surface area contributed by atoms with Crippen molar-refractivity contribution in [3.05, 3.63) is 46.1 Å². The van der Waals surface area contributed by atoms with Gasteiger partial charge in [-0.25, -0.2) is 4.79 Å². The van der Waals surface area contributed by atoms with Crippen molar-refractivity contribution in [2.75, 3.05) is 0 Å². The van der Waals surface area contributed by atoms with Crippen LogP contribution in [0.4, 0.5) is 13.2 Å². The molecule has 1 aromatic heterocycles. The summed E-state index contributed by atoms with van der Waals surface area (Å²) in [6, 6.07) is 4.89. The Hall–Kier alpha value is -2.05. The summed E-state index contributed by atoms with van der Waals surface area (Å²) in [5.41, 5.74) is -1.80. The maximum atomic E-state index is 12.9. The Morgan fingerprint density at radius 1 is 1.30 bits per heavy atom. The maximum absolute atomic E-state index is 12.9. The quantitative estimate of drug-likeness (QED) is 0.939. The highest BCUT2D eigenvalue weighted by Gasteiger charge is 2.34. The van der Waals surface area contributed by atoms with E-state index in [4.69, 9.17) is 0 Å². The predicted octanol–water partition coefficient (Wildman–Crippen LogP) is 2.92. The van der Waals surface area contributed by atoms with Crippen molar-refractivity contribution in [3.8, 4) is 5.69 Å². The minimum absolute atomic E-state index is 0.260. The van der Waals surface area contributed by atoms with Crippen LogP contribution in [0.3, 0.4) is 0 Å². The molecule has 0 bridgehead atoms. The van der Waals surface area contributed by atoms with Gasteiger partial charge in [0.1, 0.15) is 5.82 Å². The molecular weight excluding hydrogens is 271 g/mol. The third-order valence-corrected chi connectivity index (χ3v) is 2.87. The molecule has 0 aliphatic rings. The zero-order chi connectivity index (χ0) is 14.8. The topological polar surface area (TPSA) is 50.7 Å². The number of hydrogen-bond donors (Lipinski definition) is 1. The van der Waals surface area contributed by atoms with Crippen molar-refractivity contribution in [1.29, 1.82) is 0 Å². The van der Waals surface area contributed by atoms with E-state index >= 15 is 0 Å². The molecule has 4 nitrogen and oxygen atoms in total. The maximum Gasteiger partial charge on any atom is 0.418 e. The second-order valence-electron chi connectivity index (χ2n) is 4.41. The van der Waals surface area contributed by atoms with Gasteiger partial charge in [-0.3, -0.25) is 4.98 Å². The molecule has 0 atom stereocenters. The SMILES string of the molecule is CCCCc1nn(-c2ccccc2C(F)(F)F)c(=O)[nH]1. The summed E-state index contributed by atoms with van der Waals surface area (Å²) in [5, 5.41) is 3.94. The number of unbranched alkanes of at least 4 members (excludes halogenated alkanes) is 1. The monoisotopic (exact) mass is 285 g/mol. The molecule has 1 heterocycles. The summed E-state index contributed by atoms with van der Waals surface area (Å²) in [5.74, 6) is 0.397. The highest BCUT2D eigenvalue weighted by atomic mass is 19.4. The zero-order valence-electron chi connectivity index (χ0n) is 10.9. The first-order valence-electron chi connectivity index (χ1n) is 6.28. The van der Waals surface area contributed by atoms with E-state index in [1.54, 1.807) is 0 Å².